The first-order valence-corrected chi connectivity index (χ1v) is 23.5. The van der Waals surface area contributed by atoms with Crippen LogP contribution in [-0.4, -0.2) is 28.7 Å². The molecule has 0 saturated carbocycles. The highest BCUT2D eigenvalue weighted by atomic mass is 19.1. The van der Waals surface area contributed by atoms with E-state index in [-0.39, 0.29) is 5.82 Å². The third kappa shape index (κ3) is 6.29. The highest BCUT2D eigenvalue weighted by molar-refractivity contribution is 6.14. The predicted molar refractivity (Wildman–Crippen MR) is 285 cm³/mol. The second-order valence-electron chi connectivity index (χ2n) is 17.8. The highest BCUT2D eigenvalue weighted by Gasteiger charge is 2.23. The number of benzene rings is 10. The molecule has 14 rings (SSSR count). The smallest absolute Gasteiger partial charge is 0.166 e. The van der Waals surface area contributed by atoms with Gasteiger partial charge in [-0.25, -0.2) is 19.3 Å². The maximum atomic E-state index is 14.5. The molecule has 4 heterocycles. The van der Waals surface area contributed by atoms with Gasteiger partial charge in [0.05, 0.1) is 38.8 Å². The van der Waals surface area contributed by atoms with Crippen molar-refractivity contribution in [1.29, 1.82) is 0 Å². The third-order valence-corrected chi connectivity index (χ3v) is 13.8. The van der Waals surface area contributed by atoms with E-state index in [0.717, 1.165) is 88.8 Å². The normalized spacial score (nSPS) is 11.8. The van der Waals surface area contributed by atoms with Crippen LogP contribution in [0, 0.1) is 5.82 Å². The van der Waals surface area contributed by atoms with Crippen LogP contribution in [0.4, 0.5) is 4.39 Å². The van der Waals surface area contributed by atoms with Gasteiger partial charge in [-0.15, -0.1) is 0 Å². The zero-order chi connectivity index (χ0) is 46.3. The van der Waals surface area contributed by atoms with E-state index in [4.69, 9.17) is 15.0 Å². The van der Waals surface area contributed by atoms with Gasteiger partial charge in [0.15, 0.2) is 17.5 Å². The van der Waals surface area contributed by atoms with Crippen molar-refractivity contribution in [2.24, 2.45) is 0 Å². The van der Waals surface area contributed by atoms with E-state index in [1.165, 1.54) is 33.7 Å². The van der Waals surface area contributed by atoms with Gasteiger partial charge in [-0.05, 0) is 96.1 Å². The minimum atomic E-state index is -0.284. The van der Waals surface area contributed by atoms with Crippen LogP contribution >= 0.6 is 0 Å². The minimum Gasteiger partial charge on any atom is -0.309 e. The molecule has 328 valence electrons. The Morgan fingerprint density at radius 3 is 1.11 bits per heavy atom. The summed E-state index contributed by atoms with van der Waals surface area (Å²) < 4.78 is 21.6. The van der Waals surface area contributed by atoms with E-state index >= 15 is 0 Å². The summed E-state index contributed by atoms with van der Waals surface area (Å²) in [6.45, 7) is 0. The SMILES string of the molecule is Fc1ccc(-c2ccc(-c3nc(-c4ccccc4)nc(-c4ccccc4)n3)c(-n3c4ccc(-n5c6ccccc6c6ccccc65)cc4c4cc(-n5c6ccccc6c6ccccc65)ccc43)c2)cc1. The van der Waals surface area contributed by atoms with E-state index in [0.29, 0.717) is 17.5 Å². The largest absolute Gasteiger partial charge is 0.309 e. The van der Waals surface area contributed by atoms with Crippen LogP contribution in [0.3, 0.4) is 0 Å². The number of fused-ring (bicyclic) bond motifs is 9. The van der Waals surface area contributed by atoms with Gasteiger partial charge in [-0.2, -0.15) is 0 Å². The van der Waals surface area contributed by atoms with Gasteiger partial charge in [-0.1, -0.05) is 152 Å². The fraction of sp³-hybridized carbons (Fsp3) is 0. The van der Waals surface area contributed by atoms with Crippen molar-refractivity contribution < 1.29 is 4.39 Å². The molecule has 14 aromatic rings. The van der Waals surface area contributed by atoms with Gasteiger partial charge in [-0.3, -0.25) is 0 Å². The van der Waals surface area contributed by atoms with Crippen molar-refractivity contribution >= 4 is 65.4 Å². The minimum absolute atomic E-state index is 0.284. The number of nitrogens with zero attached hydrogens (tertiary/aromatic N) is 6. The summed E-state index contributed by atoms with van der Waals surface area (Å²) in [4.78, 5) is 15.6. The number of hydrogen-bond donors (Lipinski definition) is 0. The van der Waals surface area contributed by atoms with Crippen molar-refractivity contribution in [2.45, 2.75) is 0 Å². The molecule has 70 heavy (non-hydrogen) atoms. The van der Waals surface area contributed by atoms with Gasteiger partial charge >= 0.3 is 0 Å². The topological polar surface area (TPSA) is 53.5 Å². The molecule has 0 aliphatic carbocycles. The Morgan fingerprint density at radius 1 is 0.271 bits per heavy atom. The van der Waals surface area contributed by atoms with Crippen molar-refractivity contribution in [1.82, 2.24) is 28.7 Å². The summed E-state index contributed by atoms with van der Waals surface area (Å²) in [5.41, 5.74) is 14.0. The summed E-state index contributed by atoms with van der Waals surface area (Å²) in [6, 6.07) is 81.4. The highest BCUT2D eigenvalue weighted by Crippen LogP contribution is 2.42. The number of para-hydroxylation sites is 4. The summed E-state index contributed by atoms with van der Waals surface area (Å²) in [5.74, 6) is 1.40. The third-order valence-electron chi connectivity index (χ3n) is 13.8. The summed E-state index contributed by atoms with van der Waals surface area (Å²) >= 11 is 0. The fourth-order valence-corrected chi connectivity index (χ4v) is 10.6. The lowest BCUT2D eigenvalue weighted by Crippen LogP contribution is -2.04. The molecule has 0 radical (unpaired) electrons. The van der Waals surface area contributed by atoms with Crippen LogP contribution in [0.1, 0.15) is 0 Å². The predicted octanol–water partition coefficient (Wildman–Crippen LogP) is 16.0. The summed E-state index contributed by atoms with van der Waals surface area (Å²) in [6.07, 6.45) is 0. The van der Waals surface area contributed by atoms with Crippen LogP contribution in [0.25, 0.3) is 128 Å². The van der Waals surface area contributed by atoms with E-state index < -0.39 is 0 Å². The molecule has 0 aliphatic heterocycles. The molecule has 0 N–H and O–H groups in total. The van der Waals surface area contributed by atoms with E-state index in [2.05, 4.69) is 165 Å². The van der Waals surface area contributed by atoms with Gasteiger partial charge < -0.3 is 13.7 Å². The molecule has 10 aromatic carbocycles. The summed E-state index contributed by atoms with van der Waals surface area (Å²) in [5, 5.41) is 7.00. The van der Waals surface area contributed by atoms with E-state index in [1.54, 1.807) is 0 Å². The molecule has 0 fully saturated rings. The zero-order valence-electron chi connectivity index (χ0n) is 37.6. The molecule has 7 heteroatoms. The van der Waals surface area contributed by atoms with Gasteiger partial charge in [0.1, 0.15) is 5.82 Å². The lowest BCUT2D eigenvalue weighted by Gasteiger charge is -2.17. The molecule has 0 atom stereocenters. The van der Waals surface area contributed by atoms with Crippen LogP contribution in [0.15, 0.2) is 237 Å². The lowest BCUT2D eigenvalue weighted by atomic mass is 10.0. The van der Waals surface area contributed by atoms with E-state index in [9.17, 15) is 4.39 Å². The van der Waals surface area contributed by atoms with Crippen LogP contribution in [0.2, 0.25) is 0 Å². The van der Waals surface area contributed by atoms with Crippen molar-refractivity contribution in [3.05, 3.63) is 242 Å². The second-order valence-corrected chi connectivity index (χ2v) is 17.8. The number of aromatic nitrogens is 6. The first-order chi connectivity index (χ1) is 34.6. The first kappa shape index (κ1) is 39.7. The standard InChI is InChI=1S/C63H39FN6/c64-44-30-27-40(28-31-44)43-29-34-51(63-66-61(41-15-3-1-4-16-41)65-62(67-63)42-17-5-2-6-18-42)60(37-43)70-58-35-32-45(68-54-23-11-7-19-47(54)48-20-8-12-24-55(48)68)38-52(58)53-39-46(33-36-59(53)70)69-56-25-13-9-21-49(56)50-22-10-14-26-57(50)69/h1-39H. The fourth-order valence-electron chi connectivity index (χ4n) is 10.6. The monoisotopic (exact) mass is 898 g/mol. The summed E-state index contributed by atoms with van der Waals surface area (Å²) in [7, 11) is 0. The first-order valence-electron chi connectivity index (χ1n) is 23.5. The molecule has 0 unspecified atom stereocenters. The molecule has 0 spiro atoms. The molecular weight excluding hydrogens is 860 g/mol. The van der Waals surface area contributed by atoms with Gasteiger partial charge in [0.2, 0.25) is 0 Å². The average molecular weight is 899 g/mol. The number of rotatable bonds is 7. The van der Waals surface area contributed by atoms with Crippen molar-refractivity contribution in [2.75, 3.05) is 0 Å². The lowest BCUT2D eigenvalue weighted by molar-refractivity contribution is 0.628. The molecule has 6 nitrogen and oxygen atoms in total. The molecule has 4 aromatic heterocycles. The zero-order valence-corrected chi connectivity index (χ0v) is 37.6. The number of halogens is 1. The van der Waals surface area contributed by atoms with Crippen molar-refractivity contribution in [3.63, 3.8) is 0 Å². The Morgan fingerprint density at radius 2 is 0.657 bits per heavy atom. The Balaban J connectivity index is 1.09. The van der Waals surface area contributed by atoms with Gasteiger partial charge in [0.25, 0.3) is 0 Å². The maximum Gasteiger partial charge on any atom is 0.166 e. The molecule has 0 bridgehead atoms. The van der Waals surface area contributed by atoms with Gasteiger partial charge in [0, 0.05) is 60.4 Å². The quantitative estimate of drug-likeness (QED) is 0.160. The van der Waals surface area contributed by atoms with E-state index in [1.807, 2.05) is 72.8 Å². The maximum absolute atomic E-state index is 14.5. The molecular formula is C63H39FN6. The average Bonchev–Trinajstić information content (AvgIpc) is 4.06. The van der Waals surface area contributed by atoms with Crippen LogP contribution in [0.5, 0.6) is 0 Å². The van der Waals surface area contributed by atoms with Crippen LogP contribution < -0.4 is 0 Å². The molecule has 0 aliphatic rings. The Bertz CT molecular complexity index is 4020. The Labute approximate surface area is 401 Å². The Hall–Kier alpha value is -9.46. The van der Waals surface area contributed by atoms with Crippen molar-refractivity contribution in [3.8, 4) is 62.4 Å². The second kappa shape index (κ2) is 15.8. The van der Waals surface area contributed by atoms with Crippen LogP contribution in [-0.2, 0) is 0 Å². The Kier molecular flexibility index (Phi) is 8.97. The molecule has 0 saturated heterocycles. The number of hydrogen-bond acceptors (Lipinski definition) is 3. The molecule has 0 amide bonds.